The summed E-state index contributed by atoms with van der Waals surface area (Å²) in [6, 6.07) is 18.7. The van der Waals surface area contributed by atoms with Gasteiger partial charge in [0.1, 0.15) is 5.69 Å². The normalized spacial score (nSPS) is 11.2. The molecule has 0 aliphatic carbocycles. The van der Waals surface area contributed by atoms with Gasteiger partial charge >= 0.3 is 0 Å². The van der Waals surface area contributed by atoms with Crippen LogP contribution >= 0.6 is 31.9 Å². The Morgan fingerprint density at radius 2 is 1.38 bits per heavy atom. The van der Waals surface area contributed by atoms with Crippen molar-refractivity contribution < 1.29 is 4.92 Å². The molecule has 0 spiro atoms. The minimum atomic E-state index is -0.343. The molecule has 0 aliphatic rings. The Bertz CT molecular complexity index is 1060. The number of nitro benzene ring substituents is 1. The quantitative estimate of drug-likeness (QED) is 0.271. The Labute approximate surface area is 154 Å². The van der Waals surface area contributed by atoms with Crippen molar-refractivity contribution in [3.8, 4) is 5.69 Å². The van der Waals surface area contributed by atoms with Crippen LogP contribution in [0.2, 0.25) is 0 Å². The number of hydrogen-bond acceptors (Lipinski definition) is 2. The summed E-state index contributed by atoms with van der Waals surface area (Å²) in [7, 11) is 0. The summed E-state index contributed by atoms with van der Waals surface area (Å²) in [5.41, 5.74) is 2.51. The van der Waals surface area contributed by atoms with Gasteiger partial charge in [0, 0.05) is 25.8 Å². The van der Waals surface area contributed by atoms with Crippen molar-refractivity contribution in [3.05, 3.63) is 79.7 Å². The second-order valence-electron chi connectivity index (χ2n) is 5.40. The van der Waals surface area contributed by atoms with E-state index in [9.17, 15) is 10.1 Å². The molecule has 0 unspecified atom stereocenters. The highest BCUT2D eigenvalue weighted by Gasteiger charge is 2.19. The van der Waals surface area contributed by atoms with E-state index in [2.05, 4.69) is 31.9 Å². The van der Waals surface area contributed by atoms with Crippen molar-refractivity contribution in [3.63, 3.8) is 0 Å². The fraction of sp³-hybridized carbons (Fsp3) is 0. The molecule has 6 heteroatoms. The van der Waals surface area contributed by atoms with Gasteiger partial charge in [0.25, 0.3) is 5.69 Å². The van der Waals surface area contributed by atoms with E-state index in [1.54, 1.807) is 12.1 Å². The summed E-state index contributed by atoms with van der Waals surface area (Å²) in [5.74, 6) is 0. The largest absolute Gasteiger partial charge is 0.303 e. The van der Waals surface area contributed by atoms with Crippen molar-refractivity contribution in [1.82, 2.24) is 4.57 Å². The number of benzene rings is 3. The van der Waals surface area contributed by atoms with E-state index in [1.165, 1.54) is 6.07 Å². The zero-order chi connectivity index (χ0) is 16.8. The second kappa shape index (κ2) is 5.72. The van der Waals surface area contributed by atoms with Gasteiger partial charge in [-0.3, -0.25) is 10.1 Å². The van der Waals surface area contributed by atoms with Gasteiger partial charge in [0.2, 0.25) is 0 Å². The van der Waals surface area contributed by atoms with E-state index in [4.69, 9.17) is 0 Å². The van der Waals surface area contributed by atoms with E-state index in [-0.39, 0.29) is 10.6 Å². The Morgan fingerprint density at radius 3 is 1.92 bits per heavy atom. The van der Waals surface area contributed by atoms with E-state index in [0.717, 1.165) is 30.8 Å². The van der Waals surface area contributed by atoms with E-state index < -0.39 is 0 Å². The molecule has 0 bridgehead atoms. The highest BCUT2D eigenvalue weighted by atomic mass is 79.9. The van der Waals surface area contributed by atoms with Crippen molar-refractivity contribution in [2.24, 2.45) is 0 Å². The molecule has 4 aromatic rings. The molecule has 4 rings (SSSR count). The van der Waals surface area contributed by atoms with Crippen LogP contribution in [0.3, 0.4) is 0 Å². The highest BCUT2D eigenvalue weighted by Crippen LogP contribution is 2.37. The van der Waals surface area contributed by atoms with Gasteiger partial charge in [-0.2, -0.15) is 0 Å². The molecule has 0 atom stereocenters. The van der Waals surface area contributed by atoms with E-state index >= 15 is 0 Å². The number of nitro groups is 1. The molecule has 4 nitrogen and oxygen atoms in total. The number of nitrogens with zero attached hydrogens (tertiary/aromatic N) is 2. The average Bonchev–Trinajstić information content (AvgIpc) is 2.87. The molecule has 0 amide bonds. The lowest BCUT2D eigenvalue weighted by atomic mass is 10.2. The van der Waals surface area contributed by atoms with Crippen LogP contribution in [-0.4, -0.2) is 9.49 Å². The lowest BCUT2D eigenvalue weighted by Gasteiger charge is -2.08. The fourth-order valence-corrected chi connectivity index (χ4v) is 3.76. The number of halogens is 2. The monoisotopic (exact) mass is 444 g/mol. The van der Waals surface area contributed by atoms with E-state index in [1.807, 2.05) is 47.0 Å². The van der Waals surface area contributed by atoms with Gasteiger partial charge in [-0.15, -0.1) is 0 Å². The SMILES string of the molecule is O=[N+]([O-])c1ccccc1-n1c2ccc(Br)cc2c2cc(Br)ccc21. The average molecular weight is 446 g/mol. The number of hydrogen-bond donors (Lipinski definition) is 0. The molecule has 0 fully saturated rings. The maximum atomic E-state index is 11.5. The van der Waals surface area contributed by atoms with Crippen LogP contribution in [0.1, 0.15) is 0 Å². The molecular formula is C18H10Br2N2O2. The summed E-state index contributed by atoms with van der Waals surface area (Å²) in [5, 5.41) is 13.6. The van der Waals surface area contributed by atoms with Crippen molar-refractivity contribution in [2.45, 2.75) is 0 Å². The summed E-state index contributed by atoms with van der Waals surface area (Å²) >= 11 is 7.02. The third kappa shape index (κ3) is 2.34. The molecule has 1 aromatic heterocycles. The van der Waals surface area contributed by atoms with Crippen molar-refractivity contribution in [2.75, 3.05) is 0 Å². The summed E-state index contributed by atoms with van der Waals surface area (Å²) in [6.45, 7) is 0. The van der Waals surface area contributed by atoms with Gasteiger partial charge in [0.05, 0.1) is 16.0 Å². The molecule has 118 valence electrons. The maximum Gasteiger partial charge on any atom is 0.293 e. The van der Waals surface area contributed by atoms with E-state index in [0.29, 0.717) is 5.69 Å². The third-order valence-corrected chi connectivity index (χ3v) is 5.00. The Balaban J connectivity index is 2.21. The molecule has 0 aliphatic heterocycles. The Kier molecular flexibility index (Phi) is 3.66. The molecular weight excluding hydrogens is 436 g/mol. The summed E-state index contributed by atoms with van der Waals surface area (Å²) in [6.07, 6.45) is 0. The standard InChI is InChI=1S/C18H10Br2N2O2/c19-11-5-7-15-13(9-11)14-10-12(20)6-8-16(14)21(15)17-3-1-2-4-18(17)22(23)24/h1-10H. The Hall–Kier alpha value is -2.18. The second-order valence-corrected chi connectivity index (χ2v) is 7.24. The molecule has 1 heterocycles. The predicted octanol–water partition coefficient (Wildman–Crippen LogP) is 6.22. The van der Waals surface area contributed by atoms with Crippen LogP contribution in [0.4, 0.5) is 5.69 Å². The first-order valence-electron chi connectivity index (χ1n) is 7.19. The topological polar surface area (TPSA) is 48.1 Å². The maximum absolute atomic E-state index is 11.5. The van der Waals surface area contributed by atoms with Crippen LogP contribution in [0.15, 0.2) is 69.6 Å². The molecule has 0 saturated carbocycles. The zero-order valence-electron chi connectivity index (χ0n) is 12.2. The van der Waals surface area contributed by atoms with Crippen LogP contribution in [0, 0.1) is 10.1 Å². The lowest BCUT2D eigenvalue weighted by Crippen LogP contribution is -1.99. The van der Waals surface area contributed by atoms with Crippen LogP contribution < -0.4 is 0 Å². The molecule has 0 radical (unpaired) electrons. The van der Waals surface area contributed by atoms with Crippen LogP contribution in [0.25, 0.3) is 27.5 Å². The summed E-state index contributed by atoms with van der Waals surface area (Å²) < 4.78 is 3.88. The van der Waals surface area contributed by atoms with Gasteiger partial charge in [-0.25, -0.2) is 0 Å². The minimum absolute atomic E-state index is 0.0853. The number of aromatic nitrogens is 1. The first-order valence-corrected chi connectivity index (χ1v) is 8.78. The minimum Gasteiger partial charge on any atom is -0.303 e. The molecule has 3 aromatic carbocycles. The highest BCUT2D eigenvalue weighted by molar-refractivity contribution is 9.10. The smallest absolute Gasteiger partial charge is 0.293 e. The van der Waals surface area contributed by atoms with Gasteiger partial charge in [-0.05, 0) is 42.5 Å². The predicted molar refractivity (Wildman–Crippen MR) is 103 cm³/mol. The fourth-order valence-electron chi connectivity index (χ4n) is 3.03. The van der Waals surface area contributed by atoms with Gasteiger partial charge < -0.3 is 4.57 Å². The van der Waals surface area contributed by atoms with Crippen molar-refractivity contribution in [1.29, 1.82) is 0 Å². The number of rotatable bonds is 2. The summed E-state index contributed by atoms with van der Waals surface area (Å²) in [4.78, 5) is 11.1. The number of para-hydroxylation sites is 2. The van der Waals surface area contributed by atoms with Crippen LogP contribution in [-0.2, 0) is 0 Å². The van der Waals surface area contributed by atoms with Gasteiger partial charge in [-0.1, -0.05) is 44.0 Å². The van der Waals surface area contributed by atoms with Crippen molar-refractivity contribution >= 4 is 59.4 Å². The number of fused-ring (bicyclic) bond motifs is 3. The third-order valence-electron chi connectivity index (χ3n) is 4.01. The first kappa shape index (κ1) is 15.4. The van der Waals surface area contributed by atoms with Crippen LogP contribution in [0.5, 0.6) is 0 Å². The molecule has 0 saturated heterocycles. The molecule has 0 N–H and O–H groups in total. The molecule has 24 heavy (non-hydrogen) atoms. The Morgan fingerprint density at radius 1 is 0.833 bits per heavy atom. The first-order chi connectivity index (χ1) is 11.6. The zero-order valence-corrected chi connectivity index (χ0v) is 15.4. The lowest BCUT2D eigenvalue weighted by molar-refractivity contribution is -0.384. The van der Waals surface area contributed by atoms with Gasteiger partial charge in [0.15, 0.2) is 0 Å².